The van der Waals surface area contributed by atoms with Gasteiger partial charge in [0.25, 0.3) is 5.91 Å². The molecule has 1 aromatic carbocycles. The van der Waals surface area contributed by atoms with Gasteiger partial charge in [-0.15, -0.1) is 0 Å². The van der Waals surface area contributed by atoms with E-state index < -0.39 is 41.7 Å². The summed E-state index contributed by atoms with van der Waals surface area (Å²) in [6.07, 6.45) is -0.618. The second-order valence-electron chi connectivity index (χ2n) is 10.1. The average Bonchev–Trinajstić information content (AvgIpc) is 2.83. The molecule has 0 aliphatic carbocycles. The van der Waals surface area contributed by atoms with Crippen LogP contribution in [0.1, 0.15) is 51.7 Å². The van der Waals surface area contributed by atoms with Gasteiger partial charge in [-0.25, -0.2) is 4.79 Å². The van der Waals surface area contributed by atoms with E-state index in [4.69, 9.17) is 16.2 Å². The first-order valence-electron chi connectivity index (χ1n) is 12.7. The van der Waals surface area contributed by atoms with E-state index in [0.29, 0.717) is 12.0 Å². The van der Waals surface area contributed by atoms with E-state index in [-0.39, 0.29) is 49.6 Å². The van der Waals surface area contributed by atoms with Crippen LogP contribution >= 0.6 is 0 Å². The Labute approximate surface area is 222 Å². The number of benzene rings is 1. The quantitative estimate of drug-likeness (QED) is 0.123. The second-order valence-corrected chi connectivity index (χ2v) is 10.1. The molecule has 7 N–H and O–H groups in total. The van der Waals surface area contributed by atoms with E-state index in [2.05, 4.69) is 16.0 Å². The maximum absolute atomic E-state index is 13.1. The van der Waals surface area contributed by atoms with Crippen LogP contribution in [0.3, 0.4) is 0 Å². The molecule has 1 aromatic rings. The molecule has 3 unspecified atom stereocenters. The monoisotopic (exact) mass is 530 g/mol. The number of ketones is 1. The molecular weight excluding hydrogens is 492 g/mol. The number of Topliss-reactive ketones (excluding diaryl/α,β-unsaturated/α-hetero) is 1. The number of nitrogens with one attached hydrogen (secondary N) is 4. The topological polar surface area (TPSA) is 195 Å². The highest BCUT2D eigenvalue weighted by atomic mass is 16.4. The summed E-state index contributed by atoms with van der Waals surface area (Å²) in [5.41, 5.74) is 6.84. The van der Waals surface area contributed by atoms with Crippen molar-refractivity contribution in [3.05, 3.63) is 35.4 Å². The minimum absolute atomic E-state index is 0.0149. The zero-order chi connectivity index (χ0) is 28.6. The van der Waals surface area contributed by atoms with Crippen molar-refractivity contribution in [2.24, 2.45) is 23.5 Å². The SMILES string of the molecule is CCC(C)C(NC(=O)C(CC(C)C)NC(=O)O)C(=O)C(=O)N1CC(C(=O)NCc2ccc(C(=N)N)cc2)C1. The number of hydrogen-bond donors (Lipinski definition) is 6. The third-order valence-corrected chi connectivity index (χ3v) is 6.60. The van der Waals surface area contributed by atoms with E-state index in [0.717, 1.165) is 5.56 Å². The Balaban J connectivity index is 1.94. The first kappa shape index (κ1) is 30.3. The fourth-order valence-corrected chi connectivity index (χ4v) is 4.04. The molecule has 2 rings (SSSR count). The second kappa shape index (κ2) is 13.5. The molecule has 0 bridgehead atoms. The molecule has 38 heavy (non-hydrogen) atoms. The van der Waals surface area contributed by atoms with Crippen LogP contribution in [-0.2, 0) is 25.7 Å². The zero-order valence-electron chi connectivity index (χ0n) is 22.2. The molecule has 1 fully saturated rings. The molecule has 0 saturated carbocycles. The number of nitrogen functional groups attached to an aromatic ring is 1. The predicted molar refractivity (Wildman–Crippen MR) is 140 cm³/mol. The van der Waals surface area contributed by atoms with Crippen LogP contribution in [0.4, 0.5) is 4.79 Å². The van der Waals surface area contributed by atoms with Crippen LogP contribution in [-0.4, -0.2) is 70.6 Å². The van der Waals surface area contributed by atoms with Gasteiger partial charge >= 0.3 is 6.09 Å². The van der Waals surface area contributed by atoms with E-state index in [1.54, 1.807) is 31.2 Å². The van der Waals surface area contributed by atoms with Gasteiger partial charge in [-0.2, -0.15) is 0 Å². The molecule has 12 heteroatoms. The van der Waals surface area contributed by atoms with E-state index in [9.17, 15) is 24.0 Å². The van der Waals surface area contributed by atoms with Crippen LogP contribution in [0.2, 0.25) is 0 Å². The van der Waals surface area contributed by atoms with Crippen LogP contribution in [0.25, 0.3) is 0 Å². The maximum Gasteiger partial charge on any atom is 0.405 e. The number of hydrogen-bond acceptors (Lipinski definition) is 6. The summed E-state index contributed by atoms with van der Waals surface area (Å²) in [6, 6.07) is 4.72. The van der Waals surface area contributed by atoms with Gasteiger partial charge in [-0.1, -0.05) is 58.4 Å². The normalized spacial score (nSPS) is 15.6. The molecule has 1 aliphatic rings. The Kier molecular flexibility index (Phi) is 10.8. The predicted octanol–water partition coefficient (Wildman–Crippen LogP) is 0.828. The molecule has 0 spiro atoms. The van der Waals surface area contributed by atoms with E-state index >= 15 is 0 Å². The number of nitrogens with two attached hydrogens (primary N) is 1. The zero-order valence-corrected chi connectivity index (χ0v) is 22.2. The van der Waals surface area contributed by atoms with Gasteiger partial charge in [0, 0.05) is 25.2 Å². The number of carbonyl (C=O) groups excluding carboxylic acids is 4. The van der Waals surface area contributed by atoms with Crippen molar-refractivity contribution >= 4 is 35.4 Å². The Morgan fingerprint density at radius 3 is 2.18 bits per heavy atom. The van der Waals surface area contributed by atoms with Gasteiger partial charge < -0.3 is 31.7 Å². The Hall–Kier alpha value is -3.96. The van der Waals surface area contributed by atoms with Crippen molar-refractivity contribution < 1.29 is 29.1 Å². The third-order valence-electron chi connectivity index (χ3n) is 6.60. The lowest BCUT2D eigenvalue weighted by Gasteiger charge is -2.38. The van der Waals surface area contributed by atoms with Crippen molar-refractivity contribution in [1.82, 2.24) is 20.9 Å². The van der Waals surface area contributed by atoms with Crippen molar-refractivity contribution in [3.8, 4) is 0 Å². The first-order valence-corrected chi connectivity index (χ1v) is 12.7. The van der Waals surface area contributed by atoms with Gasteiger partial charge in [0.05, 0.1) is 12.0 Å². The minimum atomic E-state index is -1.36. The molecule has 12 nitrogen and oxygen atoms in total. The summed E-state index contributed by atoms with van der Waals surface area (Å²) < 4.78 is 0. The summed E-state index contributed by atoms with van der Waals surface area (Å²) in [4.78, 5) is 63.7. The van der Waals surface area contributed by atoms with Crippen LogP contribution in [0.5, 0.6) is 0 Å². The molecule has 0 aromatic heterocycles. The van der Waals surface area contributed by atoms with Gasteiger partial charge in [-0.3, -0.25) is 24.6 Å². The highest BCUT2D eigenvalue weighted by Crippen LogP contribution is 2.19. The number of carbonyl (C=O) groups is 5. The largest absolute Gasteiger partial charge is 0.465 e. The highest BCUT2D eigenvalue weighted by Gasteiger charge is 2.41. The highest BCUT2D eigenvalue weighted by molar-refractivity contribution is 6.38. The molecule has 1 heterocycles. The number of carboxylic acid groups (broad SMARTS) is 1. The molecule has 1 saturated heterocycles. The van der Waals surface area contributed by atoms with Gasteiger partial charge in [0.2, 0.25) is 17.6 Å². The van der Waals surface area contributed by atoms with Crippen LogP contribution in [0.15, 0.2) is 24.3 Å². The van der Waals surface area contributed by atoms with Crippen LogP contribution in [0, 0.1) is 23.2 Å². The summed E-state index contributed by atoms with van der Waals surface area (Å²) in [6.45, 7) is 7.66. The number of nitrogens with zero attached hydrogens (tertiary/aromatic N) is 1. The van der Waals surface area contributed by atoms with Crippen molar-refractivity contribution in [1.29, 1.82) is 5.41 Å². The summed E-state index contributed by atoms with van der Waals surface area (Å²) >= 11 is 0. The fraction of sp³-hybridized carbons (Fsp3) is 0.538. The van der Waals surface area contributed by atoms with Gasteiger partial charge in [-0.05, 0) is 23.8 Å². The Morgan fingerprint density at radius 1 is 1.08 bits per heavy atom. The maximum atomic E-state index is 13.1. The summed E-state index contributed by atoms with van der Waals surface area (Å²) in [5, 5.41) is 24.1. The molecule has 3 atom stereocenters. The third kappa shape index (κ3) is 8.29. The Bertz CT molecular complexity index is 1050. The summed E-state index contributed by atoms with van der Waals surface area (Å²) in [7, 11) is 0. The van der Waals surface area contributed by atoms with Crippen molar-refractivity contribution in [2.45, 2.75) is 59.2 Å². The molecule has 208 valence electrons. The standard InChI is InChI=1S/C26H38N6O6/c1-5-15(4)20(31-24(35)19(10-14(2)3)30-26(37)38)21(33)25(36)32-12-18(13-32)23(34)29-11-16-6-8-17(9-7-16)22(27)28/h6-9,14-15,18-20,30H,5,10-13H2,1-4H3,(H3,27,28)(H,29,34)(H,31,35)(H,37,38). The lowest BCUT2D eigenvalue weighted by Crippen LogP contribution is -2.61. The van der Waals surface area contributed by atoms with E-state index in [1.807, 2.05) is 20.8 Å². The van der Waals surface area contributed by atoms with Crippen molar-refractivity contribution in [3.63, 3.8) is 0 Å². The number of likely N-dealkylation sites (tertiary alicyclic amines) is 1. The number of amides is 4. The Morgan fingerprint density at radius 2 is 1.68 bits per heavy atom. The van der Waals surface area contributed by atoms with Crippen molar-refractivity contribution in [2.75, 3.05) is 13.1 Å². The van der Waals surface area contributed by atoms with Crippen LogP contribution < -0.4 is 21.7 Å². The number of rotatable bonds is 13. The smallest absolute Gasteiger partial charge is 0.405 e. The first-order chi connectivity index (χ1) is 17.8. The van der Waals surface area contributed by atoms with Gasteiger partial charge in [0.1, 0.15) is 11.9 Å². The molecule has 0 radical (unpaired) electrons. The summed E-state index contributed by atoms with van der Waals surface area (Å²) in [5.74, 6) is -3.35. The minimum Gasteiger partial charge on any atom is -0.465 e. The molecular formula is C26H38N6O6. The van der Waals surface area contributed by atoms with E-state index in [1.165, 1.54) is 4.90 Å². The average molecular weight is 531 g/mol. The lowest BCUT2D eigenvalue weighted by molar-refractivity contribution is -0.153. The molecule has 4 amide bonds. The molecule has 1 aliphatic heterocycles. The lowest BCUT2D eigenvalue weighted by atomic mass is 9.91. The number of amidine groups is 1. The van der Waals surface area contributed by atoms with Gasteiger partial charge in [0.15, 0.2) is 0 Å². The fourth-order valence-electron chi connectivity index (χ4n) is 4.04.